The van der Waals surface area contributed by atoms with Crippen molar-refractivity contribution < 1.29 is 23.8 Å². The van der Waals surface area contributed by atoms with E-state index in [0.29, 0.717) is 25.6 Å². The first-order chi connectivity index (χ1) is 16.1. The third kappa shape index (κ3) is 6.04. The van der Waals surface area contributed by atoms with Crippen LogP contribution < -0.4 is 10.6 Å². The molecule has 0 aromatic carbocycles. The van der Waals surface area contributed by atoms with E-state index in [1.54, 1.807) is 0 Å². The number of carbonyl (C=O) groups is 2. The highest BCUT2D eigenvalue weighted by Gasteiger charge is 2.41. The molecule has 3 heterocycles. The molecule has 1 aromatic rings. The molecule has 4 rings (SSSR count). The van der Waals surface area contributed by atoms with Crippen LogP contribution in [0.15, 0.2) is 6.20 Å². The molecule has 2 N–H and O–H groups in total. The topological polar surface area (TPSA) is 107 Å². The van der Waals surface area contributed by atoms with Gasteiger partial charge in [0.05, 0.1) is 25.5 Å². The lowest BCUT2D eigenvalue weighted by atomic mass is 9.99. The minimum absolute atomic E-state index is 0.0571. The number of aryl methyl sites for hydroxylation is 1. The van der Waals surface area contributed by atoms with E-state index in [9.17, 15) is 9.59 Å². The Hall–Kier alpha value is -2.17. The maximum absolute atomic E-state index is 13.3. The number of hydrogen-bond acceptors (Lipinski definition) is 7. The zero-order chi connectivity index (χ0) is 23.2. The SMILES string of the molecule is COC(=O)NCCCn1cc([C@@H](C)N(C(=O)[C@H]2CNCCO2)C2CC2)nc1C1CCOCC1. The molecule has 0 spiro atoms. The van der Waals surface area contributed by atoms with Gasteiger partial charge in [-0.25, -0.2) is 9.78 Å². The van der Waals surface area contributed by atoms with E-state index < -0.39 is 12.2 Å². The molecule has 1 saturated carbocycles. The lowest BCUT2D eigenvalue weighted by Crippen LogP contribution is -2.50. The van der Waals surface area contributed by atoms with Gasteiger partial charge in [0.25, 0.3) is 5.91 Å². The molecular formula is C23H37N5O5. The van der Waals surface area contributed by atoms with Crippen LogP contribution in [-0.2, 0) is 25.5 Å². The quantitative estimate of drug-likeness (QED) is 0.535. The monoisotopic (exact) mass is 463 g/mol. The third-order valence-electron chi connectivity index (χ3n) is 6.69. The van der Waals surface area contributed by atoms with E-state index in [1.165, 1.54) is 7.11 Å². The molecule has 2 aliphatic heterocycles. The number of imidazole rings is 1. The number of nitrogens with one attached hydrogen (secondary N) is 2. The van der Waals surface area contributed by atoms with E-state index in [4.69, 9.17) is 14.5 Å². The Morgan fingerprint density at radius 2 is 2.09 bits per heavy atom. The highest BCUT2D eigenvalue weighted by molar-refractivity contribution is 5.82. The molecular weight excluding hydrogens is 426 g/mol. The molecule has 33 heavy (non-hydrogen) atoms. The standard InChI is InChI=1S/C23H37N5O5/c1-16(28(18-4-5-18)22(29)20-14-24-9-13-33-20)19-15-27(10-3-8-25-23(30)31-2)21(26-19)17-6-11-32-12-7-17/h15-18,20,24H,3-14H2,1-2H3,(H,25,30)/t16-,20-/m1/s1. The molecule has 3 aliphatic rings. The first-order valence-corrected chi connectivity index (χ1v) is 12.2. The second-order valence-electron chi connectivity index (χ2n) is 9.09. The minimum Gasteiger partial charge on any atom is -0.453 e. The number of alkyl carbamates (subject to hydrolysis) is 1. The van der Waals surface area contributed by atoms with Gasteiger partial charge in [-0.1, -0.05) is 0 Å². The van der Waals surface area contributed by atoms with Crippen LogP contribution in [0.3, 0.4) is 0 Å². The number of carbonyl (C=O) groups excluding carboxylic acids is 2. The van der Waals surface area contributed by atoms with Gasteiger partial charge in [-0.2, -0.15) is 0 Å². The number of hydrogen-bond donors (Lipinski definition) is 2. The van der Waals surface area contributed by atoms with Crippen molar-refractivity contribution in [3.05, 3.63) is 17.7 Å². The molecule has 0 bridgehead atoms. The number of ether oxygens (including phenoxy) is 3. The predicted molar refractivity (Wildman–Crippen MR) is 121 cm³/mol. The van der Waals surface area contributed by atoms with E-state index >= 15 is 0 Å². The molecule has 10 nitrogen and oxygen atoms in total. The number of methoxy groups -OCH3 is 1. The van der Waals surface area contributed by atoms with Crippen LogP contribution in [0.25, 0.3) is 0 Å². The molecule has 2 atom stereocenters. The summed E-state index contributed by atoms with van der Waals surface area (Å²) in [4.78, 5) is 31.8. The van der Waals surface area contributed by atoms with Gasteiger partial charge in [0.2, 0.25) is 0 Å². The highest BCUT2D eigenvalue weighted by Crippen LogP contribution is 2.36. The van der Waals surface area contributed by atoms with Gasteiger partial charge >= 0.3 is 6.09 Å². The van der Waals surface area contributed by atoms with E-state index in [1.807, 2.05) is 4.90 Å². The van der Waals surface area contributed by atoms with Gasteiger partial charge in [-0.15, -0.1) is 0 Å². The van der Waals surface area contributed by atoms with Crippen LogP contribution in [0.1, 0.15) is 62.5 Å². The molecule has 2 saturated heterocycles. The van der Waals surface area contributed by atoms with Gasteiger partial charge in [0.1, 0.15) is 11.9 Å². The maximum atomic E-state index is 13.3. The largest absolute Gasteiger partial charge is 0.453 e. The zero-order valence-corrected chi connectivity index (χ0v) is 19.8. The maximum Gasteiger partial charge on any atom is 0.406 e. The number of amides is 2. The summed E-state index contributed by atoms with van der Waals surface area (Å²) >= 11 is 0. The second kappa shape index (κ2) is 11.3. The Labute approximate surface area is 195 Å². The summed E-state index contributed by atoms with van der Waals surface area (Å²) in [5.74, 6) is 1.45. The van der Waals surface area contributed by atoms with Crippen LogP contribution in [0.2, 0.25) is 0 Å². The average Bonchev–Trinajstić information content (AvgIpc) is 3.60. The fourth-order valence-corrected chi connectivity index (χ4v) is 4.70. The molecule has 1 aliphatic carbocycles. The zero-order valence-electron chi connectivity index (χ0n) is 19.8. The van der Waals surface area contributed by atoms with Crippen molar-refractivity contribution in [1.29, 1.82) is 0 Å². The molecule has 2 amide bonds. The number of rotatable bonds is 9. The predicted octanol–water partition coefficient (Wildman–Crippen LogP) is 1.56. The lowest BCUT2D eigenvalue weighted by molar-refractivity contribution is -0.148. The van der Waals surface area contributed by atoms with Crippen LogP contribution in [0.5, 0.6) is 0 Å². The van der Waals surface area contributed by atoms with Crippen LogP contribution in [0, 0.1) is 0 Å². The van der Waals surface area contributed by atoms with E-state index in [2.05, 4.69) is 33.1 Å². The highest BCUT2D eigenvalue weighted by atomic mass is 16.5. The minimum atomic E-state index is -0.428. The van der Waals surface area contributed by atoms with Crippen molar-refractivity contribution in [2.75, 3.05) is 46.6 Å². The Bertz CT molecular complexity index is 799. The summed E-state index contributed by atoms with van der Waals surface area (Å²) in [7, 11) is 1.36. The molecule has 1 aromatic heterocycles. The smallest absolute Gasteiger partial charge is 0.406 e. The van der Waals surface area contributed by atoms with Gasteiger partial charge in [-0.3, -0.25) is 4.79 Å². The second-order valence-corrected chi connectivity index (χ2v) is 9.09. The van der Waals surface area contributed by atoms with Crippen molar-refractivity contribution in [1.82, 2.24) is 25.1 Å². The summed E-state index contributed by atoms with van der Waals surface area (Å²) in [6.07, 6.45) is 5.96. The summed E-state index contributed by atoms with van der Waals surface area (Å²) in [6, 6.07) is 0.141. The van der Waals surface area contributed by atoms with Gasteiger partial charge in [-0.05, 0) is 39.0 Å². The first-order valence-electron chi connectivity index (χ1n) is 12.2. The van der Waals surface area contributed by atoms with Crippen molar-refractivity contribution in [2.24, 2.45) is 0 Å². The molecule has 0 radical (unpaired) electrons. The fourth-order valence-electron chi connectivity index (χ4n) is 4.70. The van der Waals surface area contributed by atoms with Gasteiger partial charge < -0.3 is 34.3 Å². The Kier molecular flexibility index (Phi) is 8.21. The van der Waals surface area contributed by atoms with Crippen molar-refractivity contribution in [3.63, 3.8) is 0 Å². The summed E-state index contributed by atoms with van der Waals surface area (Å²) in [5.41, 5.74) is 0.918. The van der Waals surface area contributed by atoms with Gasteiger partial charge in [0, 0.05) is 57.5 Å². The first kappa shape index (κ1) is 24.0. The normalized spacial score (nSPS) is 22.5. The van der Waals surface area contributed by atoms with Crippen molar-refractivity contribution in [2.45, 2.75) is 69.7 Å². The number of aromatic nitrogens is 2. The van der Waals surface area contributed by atoms with Gasteiger partial charge in [0.15, 0.2) is 0 Å². The molecule has 3 fully saturated rings. The molecule has 184 valence electrons. The Morgan fingerprint density at radius 1 is 1.30 bits per heavy atom. The van der Waals surface area contributed by atoms with E-state index in [-0.39, 0.29) is 18.0 Å². The third-order valence-corrected chi connectivity index (χ3v) is 6.69. The summed E-state index contributed by atoms with van der Waals surface area (Å²) in [6.45, 7) is 6.73. The molecule has 0 unspecified atom stereocenters. The fraction of sp³-hybridized carbons (Fsp3) is 0.783. The average molecular weight is 464 g/mol. The van der Waals surface area contributed by atoms with Crippen molar-refractivity contribution in [3.8, 4) is 0 Å². The Morgan fingerprint density at radius 3 is 2.76 bits per heavy atom. The van der Waals surface area contributed by atoms with E-state index in [0.717, 1.165) is 69.9 Å². The molecule has 10 heteroatoms. The number of nitrogens with zero attached hydrogens (tertiary/aromatic N) is 3. The van der Waals surface area contributed by atoms with Crippen LogP contribution >= 0.6 is 0 Å². The number of morpholine rings is 1. The van der Waals surface area contributed by atoms with Crippen LogP contribution in [-0.4, -0.2) is 85.2 Å². The lowest BCUT2D eigenvalue weighted by Gasteiger charge is -2.33. The Balaban J connectivity index is 1.50. The summed E-state index contributed by atoms with van der Waals surface area (Å²) < 4.78 is 18.2. The summed E-state index contributed by atoms with van der Waals surface area (Å²) in [5, 5.41) is 6.00. The van der Waals surface area contributed by atoms with Crippen molar-refractivity contribution >= 4 is 12.0 Å². The van der Waals surface area contributed by atoms with Crippen LogP contribution in [0.4, 0.5) is 4.79 Å².